The lowest BCUT2D eigenvalue weighted by atomic mass is 9.88. The molecule has 3 aromatic rings. The van der Waals surface area contributed by atoms with Gasteiger partial charge in [0.2, 0.25) is 0 Å². The van der Waals surface area contributed by atoms with Crippen LogP contribution in [0.25, 0.3) is 10.8 Å². The van der Waals surface area contributed by atoms with Crippen LogP contribution in [0.4, 0.5) is 0 Å². The molecule has 1 aliphatic rings. The van der Waals surface area contributed by atoms with Crippen LogP contribution in [0.5, 0.6) is 0 Å². The summed E-state index contributed by atoms with van der Waals surface area (Å²) in [6.07, 6.45) is 3.73. The van der Waals surface area contributed by atoms with Gasteiger partial charge in [0, 0.05) is 0 Å². The van der Waals surface area contributed by atoms with E-state index in [4.69, 9.17) is 0 Å². The van der Waals surface area contributed by atoms with E-state index in [2.05, 4.69) is 78.6 Å². The smallest absolute Gasteiger partial charge is 0.320 e. The van der Waals surface area contributed by atoms with Crippen LogP contribution >= 0.6 is 0 Å². The number of rotatable bonds is 5. The number of likely N-dealkylation sites (tertiary alicyclic amines) is 1. The molecule has 0 aromatic heterocycles. The van der Waals surface area contributed by atoms with Gasteiger partial charge in [-0.25, -0.2) is 0 Å². The minimum Gasteiger partial charge on any atom is -0.480 e. The number of hydrogen-bond donors (Lipinski definition) is 1. The fraction of sp³-hybridized carbons (Fsp3) is 0.320. The second kappa shape index (κ2) is 8.15. The molecule has 28 heavy (non-hydrogen) atoms. The van der Waals surface area contributed by atoms with E-state index in [1.54, 1.807) is 0 Å². The van der Waals surface area contributed by atoms with E-state index in [1.165, 1.54) is 27.5 Å². The summed E-state index contributed by atoms with van der Waals surface area (Å²) in [4.78, 5) is 14.3. The van der Waals surface area contributed by atoms with Crippen LogP contribution in [-0.2, 0) is 11.2 Å². The lowest BCUT2D eigenvalue weighted by Crippen LogP contribution is -2.46. The van der Waals surface area contributed by atoms with Crippen LogP contribution in [0, 0.1) is 0 Å². The van der Waals surface area contributed by atoms with Gasteiger partial charge in [-0.3, -0.25) is 9.69 Å². The molecule has 3 heteroatoms. The van der Waals surface area contributed by atoms with Crippen LogP contribution in [0.3, 0.4) is 0 Å². The van der Waals surface area contributed by atoms with Crippen molar-refractivity contribution in [2.75, 3.05) is 6.54 Å². The highest BCUT2D eigenvalue weighted by Gasteiger charge is 2.35. The van der Waals surface area contributed by atoms with Crippen LogP contribution in [0.15, 0.2) is 66.7 Å². The number of piperidine rings is 1. The van der Waals surface area contributed by atoms with Gasteiger partial charge in [0.05, 0.1) is 6.04 Å². The van der Waals surface area contributed by atoms with Crippen molar-refractivity contribution >= 4 is 16.7 Å². The number of hydrogen-bond acceptors (Lipinski definition) is 2. The van der Waals surface area contributed by atoms with E-state index in [0.29, 0.717) is 6.42 Å². The molecule has 1 N–H and O–H groups in total. The number of nitrogens with zero attached hydrogens (tertiary/aromatic N) is 1. The highest BCUT2D eigenvalue weighted by atomic mass is 16.4. The molecule has 1 fully saturated rings. The Balaban J connectivity index is 1.88. The SMILES string of the molecule is CCc1ccc(C(c2cccc3ccccc23)N2CCCCC2C(=O)O)cc1. The first-order valence-corrected chi connectivity index (χ1v) is 10.2. The van der Waals surface area contributed by atoms with E-state index >= 15 is 0 Å². The first-order valence-electron chi connectivity index (χ1n) is 10.2. The number of carbonyl (C=O) groups is 1. The third-order valence-electron chi connectivity index (χ3n) is 5.98. The minimum absolute atomic E-state index is 0.0570. The lowest BCUT2D eigenvalue weighted by Gasteiger charge is -2.40. The molecule has 3 aromatic carbocycles. The Labute approximate surface area is 166 Å². The van der Waals surface area contributed by atoms with Crippen molar-refractivity contribution in [3.8, 4) is 0 Å². The van der Waals surface area contributed by atoms with E-state index in [9.17, 15) is 9.90 Å². The van der Waals surface area contributed by atoms with Crippen molar-refractivity contribution in [3.63, 3.8) is 0 Å². The van der Waals surface area contributed by atoms with Gasteiger partial charge >= 0.3 is 5.97 Å². The number of benzene rings is 3. The first-order chi connectivity index (χ1) is 13.7. The first kappa shape index (κ1) is 18.7. The second-order valence-corrected chi connectivity index (χ2v) is 7.65. The lowest BCUT2D eigenvalue weighted by molar-refractivity contribution is -0.145. The third-order valence-corrected chi connectivity index (χ3v) is 5.98. The highest BCUT2D eigenvalue weighted by molar-refractivity contribution is 5.86. The number of carboxylic acids is 1. The van der Waals surface area contributed by atoms with Crippen LogP contribution in [0.2, 0.25) is 0 Å². The molecule has 0 saturated carbocycles. The van der Waals surface area contributed by atoms with Crippen molar-refractivity contribution in [1.29, 1.82) is 0 Å². The van der Waals surface area contributed by atoms with Gasteiger partial charge in [0.1, 0.15) is 6.04 Å². The minimum atomic E-state index is -0.713. The summed E-state index contributed by atoms with van der Waals surface area (Å²) in [6, 6.07) is 23.0. The van der Waals surface area contributed by atoms with Crippen molar-refractivity contribution in [1.82, 2.24) is 4.90 Å². The fourth-order valence-corrected chi connectivity index (χ4v) is 4.50. The molecule has 2 unspecified atom stereocenters. The molecule has 144 valence electrons. The molecular weight excluding hydrogens is 346 g/mol. The third kappa shape index (κ3) is 3.55. The van der Waals surface area contributed by atoms with E-state index in [-0.39, 0.29) is 6.04 Å². The Morgan fingerprint density at radius 3 is 2.54 bits per heavy atom. The van der Waals surface area contributed by atoms with E-state index < -0.39 is 12.0 Å². The fourth-order valence-electron chi connectivity index (χ4n) is 4.50. The van der Waals surface area contributed by atoms with Gasteiger partial charge in [-0.1, -0.05) is 80.1 Å². The van der Waals surface area contributed by atoms with Crippen molar-refractivity contribution in [2.45, 2.75) is 44.7 Å². The summed E-state index contributed by atoms with van der Waals surface area (Å²) in [6.45, 7) is 2.96. The summed E-state index contributed by atoms with van der Waals surface area (Å²) >= 11 is 0. The van der Waals surface area contributed by atoms with Gasteiger partial charge in [0.25, 0.3) is 0 Å². The molecule has 0 aliphatic carbocycles. The average molecular weight is 373 g/mol. The normalized spacial score (nSPS) is 18.8. The van der Waals surface area contributed by atoms with Gasteiger partial charge in [-0.2, -0.15) is 0 Å². The maximum absolute atomic E-state index is 12.1. The summed E-state index contributed by atoms with van der Waals surface area (Å²) in [7, 11) is 0. The predicted molar refractivity (Wildman–Crippen MR) is 114 cm³/mol. The molecule has 0 bridgehead atoms. The molecule has 2 atom stereocenters. The zero-order valence-corrected chi connectivity index (χ0v) is 16.3. The highest BCUT2D eigenvalue weighted by Crippen LogP contribution is 2.37. The molecular formula is C25H27NO2. The summed E-state index contributed by atoms with van der Waals surface area (Å²) < 4.78 is 0. The van der Waals surface area contributed by atoms with Crippen molar-refractivity contribution in [2.24, 2.45) is 0 Å². The van der Waals surface area contributed by atoms with Crippen LogP contribution in [-0.4, -0.2) is 28.6 Å². The number of carboxylic acid groups (broad SMARTS) is 1. The van der Waals surface area contributed by atoms with Gasteiger partial charge in [-0.05, 0) is 53.3 Å². The Morgan fingerprint density at radius 2 is 1.79 bits per heavy atom. The molecule has 3 nitrogen and oxygen atoms in total. The largest absolute Gasteiger partial charge is 0.480 e. The summed E-state index contributed by atoms with van der Waals surface area (Å²) in [5, 5.41) is 12.3. The van der Waals surface area contributed by atoms with Crippen molar-refractivity contribution < 1.29 is 9.90 Å². The Morgan fingerprint density at radius 1 is 1.04 bits per heavy atom. The quantitative estimate of drug-likeness (QED) is 0.648. The van der Waals surface area contributed by atoms with E-state index in [1.807, 2.05) is 0 Å². The topological polar surface area (TPSA) is 40.5 Å². The molecule has 1 aliphatic heterocycles. The summed E-state index contributed by atoms with van der Waals surface area (Å²) in [5.74, 6) is -0.713. The Hall–Kier alpha value is -2.65. The molecule has 1 saturated heterocycles. The van der Waals surface area contributed by atoms with Crippen molar-refractivity contribution in [3.05, 3.63) is 83.4 Å². The standard InChI is InChI=1S/C25H27NO2/c1-2-18-13-15-20(16-14-18)24(26-17-6-5-12-23(26)25(27)28)22-11-7-9-19-8-3-4-10-21(19)22/h3-4,7-11,13-16,23-24H,2,5-6,12,17H2,1H3,(H,27,28). The molecule has 0 amide bonds. The monoisotopic (exact) mass is 373 g/mol. The second-order valence-electron chi connectivity index (χ2n) is 7.65. The zero-order valence-electron chi connectivity index (χ0n) is 16.3. The number of aryl methyl sites for hydroxylation is 1. The molecule has 4 rings (SSSR count). The average Bonchev–Trinajstić information content (AvgIpc) is 2.75. The summed E-state index contributed by atoms with van der Waals surface area (Å²) in [5.41, 5.74) is 3.66. The number of fused-ring (bicyclic) bond motifs is 1. The Bertz CT molecular complexity index is 958. The maximum atomic E-state index is 12.1. The van der Waals surface area contributed by atoms with Crippen LogP contribution < -0.4 is 0 Å². The molecule has 0 spiro atoms. The molecule has 1 heterocycles. The van der Waals surface area contributed by atoms with E-state index in [0.717, 1.165) is 25.8 Å². The van der Waals surface area contributed by atoms with Gasteiger partial charge < -0.3 is 5.11 Å². The van der Waals surface area contributed by atoms with Gasteiger partial charge in [-0.15, -0.1) is 0 Å². The van der Waals surface area contributed by atoms with Crippen LogP contribution in [0.1, 0.15) is 48.9 Å². The number of aliphatic carboxylic acids is 1. The zero-order chi connectivity index (χ0) is 19.5. The van der Waals surface area contributed by atoms with Gasteiger partial charge in [0.15, 0.2) is 0 Å². The predicted octanol–water partition coefficient (Wildman–Crippen LogP) is 5.43. The molecule has 0 radical (unpaired) electrons. The Kier molecular flexibility index (Phi) is 5.45. The maximum Gasteiger partial charge on any atom is 0.320 e.